The zero-order valence-corrected chi connectivity index (χ0v) is 16.7. The van der Waals surface area contributed by atoms with Gasteiger partial charge in [0.1, 0.15) is 0 Å². The van der Waals surface area contributed by atoms with E-state index in [0.717, 1.165) is 30.0 Å². The van der Waals surface area contributed by atoms with Gasteiger partial charge in [0.15, 0.2) is 0 Å². The number of carbonyl (C=O) groups excluding carboxylic acids is 1. The normalized spacial score (nSPS) is 20.1. The Bertz CT molecular complexity index is 744. The standard InChI is InChI=1S/C23H31N3O/c1-23(2,3)18-8-10-19(11-9-18)26-22(27)20-6-4-5-7-21(20)25-16-17-12-14-24-15-13-17/h4-7,12-15,18-19,25H,8-11,16H2,1-3H3,(H,26,27). The van der Waals surface area contributed by atoms with E-state index in [2.05, 4.69) is 36.4 Å². The third-order valence-corrected chi connectivity index (χ3v) is 5.69. The molecule has 1 heterocycles. The summed E-state index contributed by atoms with van der Waals surface area (Å²) in [5, 5.41) is 6.64. The minimum absolute atomic E-state index is 0.0204. The fraction of sp³-hybridized carbons (Fsp3) is 0.478. The van der Waals surface area contributed by atoms with Gasteiger partial charge < -0.3 is 10.6 Å². The van der Waals surface area contributed by atoms with Gasteiger partial charge in [0, 0.05) is 30.7 Å². The van der Waals surface area contributed by atoms with Gasteiger partial charge in [0.05, 0.1) is 5.56 Å². The van der Waals surface area contributed by atoms with E-state index in [1.807, 2.05) is 36.4 Å². The molecule has 1 fully saturated rings. The predicted octanol–water partition coefficient (Wildman–Crippen LogP) is 5.03. The first-order chi connectivity index (χ1) is 12.9. The molecule has 0 radical (unpaired) electrons. The van der Waals surface area contributed by atoms with Crippen LogP contribution in [0.1, 0.15) is 62.4 Å². The molecule has 4 heteroatoms. The van der Waals surface area contributed by atoms with Crippen molar-refractivity contribution >= 4 is 11.6 Å². The third-order valence-electron chi connectivity index (χ3n) is 5.69. The van der Waals surface area contributed by atoms with Gasteiger partial charge in [-0.1, -0.05) is 32.9 Å². The van der Waals surface area contributed by atoms with Crippen LogP contribution in [0.5, 0.6) is 0 Å². The topological polar surface area (TPSA) is 54.0 Å². The molecular weight excluding hydrogens is 334 g/mol. The Hall–Kier alpha value is -2.36. The van der Waals surface area contributed by atoms with Crippen LogP contribution in [-0.2, 0) is 6.54 Å². The lowest BCUT2D eigenvalue weighted by Gasteiger charge is -2.37. The van der Waals surface area contributed by atoms with E-state index in [1.165, 1.54) is 12.8 Å². The fourth-order valence-electron chi connectivity index (χ4n) is 3.90. The summed E-state index contributed by atoms with van der Waals surface area (Å²) >= 11 is 0. The van der Waals surface area contributed by atoms with Crippen LogP contribution in [0.3, 0.4) is 0 Å². The molecule has 1 amide bonds. The maximum absolute atomic E-state index is 12.9. The molecule has 4 nitrogen and oxygen atoms in total. The number of pyridine rings is 1. The molecule has 1 aliphatic carbocycles. The number of amides is 1. The SMILES string of the molecule is CC(C)(C)C1CCC(NC(=O)c2ccccc2NCc2ccncc2)CC1. The molecule has 0 spiro atoms. The number of carbonyl (C=O) groups is 1. The van der Waals surface area contributed by atoms with Crippen LogP contribution in [0.15, 0.2) is 48.8 Å². The summed E-state index contributed by atoms with van der Waals surface area (Å²) in [6, 6.07) is 12.0. The zero-order chi connectivity index (χ0) is 19.3. The van der Waals surface area contributed by atoms with Crippen LogP contribution >= 0.6 is 0 Å². The molecule has 1 aromatic carbocycles. The quantitative estimate of drug-likeness (QED) is 0.781. The number of aromatic nitrogens is 1. The monoisotopic (exact) mass is 365 g/mol. The Labute approximate surface area is 162 Å². The molecule has 1 aromatic heterocycles. The molecule has 0 atom stereocenters. The van der Waals surface area contributed by atoms with Crippen molar-refractivity contribution in [2.24, 2.45) is 11.3 Å². The summed E-state index contributed by atoms with van der Waals surface area (Å²) in [7, 11) is 0. The molecule has 0 bridgehead atoms. The third kappa shape index (κ3) is 5.31. The Morgan fingerprint density at radius 2 is 1.70 bits per heavy atom. The Kier molecular flexibility index (Phi) is 6.15. The number of hydrogen-bond donors (Lipinski definition) is 2. The second kappa shape index (κ2) is 8.55. The van der Waals surface area contributed by atoms with Gasteiger partial charge in [-0.2, -0.15) is 0 Å². The van der Waals surface area contributed by atoms with Gasteiger partial charge >= 0.3 is 0 Å². The van der Waals surface area contributed by atoms with Crippen molar-refractivity contribution in [3.05, 3.63) is 59.9 Å². The van der Waals surface area contributed by atoms with Crippen molar-refractivity contribution in [1.82, 2.24) is 10.3 Å². The smallest absolute Gasteiger partial charge is 0.253 e. The van der Waals surface area contributed by atoms with E-state index >= 15 is 0 Å². The maximum atomic E-state index is 12.9. The summed E-state index contributed by atoms with van der Waals surface area (Å²) in [6.45, 7) is 7.63. The summed E-state index contributed by atoms with van der Waals surface area (Å²) in [4.78, 5) is 16.9. The summed E-state index contributed by atoms with van der Waals surface area (Å²) in [5.74, 6) is 0.770. The zero-order valence-electron chi connectivity index (χ0n) is 16.7. The van der Waals surface area contributed by atoms with Gasteiger partial charge in [0.2, 0.25) is 0 Å². The molecule has 2 N–H and O–H groups in total. The van der Waals surface area contributed by atoms with Crippen molar-refractivity contribution in [3.8, 4) is 0 Å². The molecule has 1 aliphatic rings. The van der Waals surface area contributed by atoms with Crippen molar-refractivity contribution in [2.75, 3.05) is 5.32 Å². The molecule has 27 heavy (non-hydrogen) atoms. The first-order valence-electron chi connectivity index (χ1n) is 9.96. The molecule has 2 aromatic rings. The van der Waals surface area contributed by atoms with Crippen LogP contribution in [0.4, 0.5) is 5.69 Å². The van der Waals surface area contributed by atoms with Gasteiger partial charge in [-0.05, 0) is 66.8 Å². The van der Waals surface area contributed by atoms with Crippen molar-refractivity contribution < 1.29 is 4.79 Å². The van der Waals surface area contributed by atoms with Crippen LogP contribution in [0.2, 0.25) is 0 Å². The predicted molar refractivity (Wildman–Crippen MR) is 111 cm³/mol. The van der Waals surface area contributed by atoms with Gasteiger partial charge in [-0.15, -0.1) is 0 Å². The highest BCUT2D eigenvalue weighted by Gasteiger charge is 2.30. The fourth-order valence-corrected chi connectivity index (χ4v) is 3.90. The summed E-state index contributed by atoms with van der Waals surface area (Å²) < 4.78 is 0. The second-order valence-corrected chi connectivity index (χ2v) is 8.64. The average Bonchev–Trinajstić information content (AvgIpc) is 2.67. The van der Waals surface area contributed by atoms with Crippen molar-refractivity contribution in [1.29, 1.82) is 0 Å². The highest BCUT2D eigenvalue weighted by molar-refractivity contribution is 5.99. The van der Waals surface area contributed by atoms with Crippen LogP contribution in [-0.4, -0.2) is 16.9 Å². The molecule has 1 saturated carbocycles. The minimum Gasteiger partial charge on any atom is -0.380 e. The lowest BCUT2D eigenvalue weighted by molar-refractivity contribution is 0.0905. The average molecular weight is 366 g/mol. The van der Waals surface area contributed by atoms with Gasteiger partial charge in [0.25, 0.3) is 5.91 Å². The molecule has 144 valence electrons. The molecule has 0 aliphatic heterocycles. The highest BCUT2D eigenvalue weighted by atomic mass is 16.1. The lowest BCUT2D eigenvalue weighted by atomic mass is 9.71. The number of hydrogen-bond acceptors (Lipinski definition) is 3. The Morgan fingerprint density at radius 1 is 1.04 bits per heavy atom. The number of anilines is 1. The number of nitrogens with one attached hydrogen (secondary N) is 2. The minimum atomic E-state index is 0.0204. The number of nitrogens with zero attached hydrogens (tertiary/aromatic N) is 1. The van der Waals surface area contributed by atoms with Crippen LogP contribution in [0.25, 0.3) is 0 Å². The summed E-state index contributed by atoms with van der Waals surface area (Å²) in [5.41, 5.74) is 3.08. The van der Waals surface area contributed by atoms with E-state index in [4.69, 9.17) is 0 Å². The number of benzene rings is 1. The first kappa shape index (κ1) is 19.4. The lowest BCUT2D eigenvalue weighted by Crippen LogP contribution is -2.39. The van der Waals surface area contributed by atoms with Crippen molar-refractivity contribution in [2.45, 2.75) is 59.0 Å². The Morgan fingerprint density at radius 3 is 2.37 bits per heavy atom. The van der Waals surface area contributed by atoms with E-state index in [9.17, 15) is 4.79 Å². The van der Waals surface area contributed by atoms with Crippen LogP contribution < -0.4 is 10.6 Å². The largest absolute Gasteiger partial charge is 0.380 e. The van der Waals surface area contributed by atoms with E-state index in [0.29, 0.717) is 17.5 Å². The van der Waals surface area contributed by atoms with E-state index < -0.39 is 0 Å². The number of rotatable bonds is 5. The van der Waals surface area contributed by atoms with Crippen molar-refractivity contribution in [3.63, 3.8) is 0 Å². The van der Waals surface area contributed by atoms with E-state index in [-0.39, 0.29) is 11.9 Å². The second-order valence-electron chi connectivity index (χ2n) is 8.64. The molecule has 0 saturated heterocycles. The highest BCUT2D eigenvalue weighted by Crippen LogP contribution is 2.37. The molecular formula is C23H31N3O. The summed E-state index contributed by atoms with van der Waals surface area (Å²) in [6.07, 6.45) is 8.08. The first-order valence-corrected chi connectivity index (χ1v) is 9.96. The number of para-hydroxylation sites is 1. The van der Waals surface area contributed by atoms with Crippen LogP contribution in [0, 0.1) is 11.3 Å². The Balaban J connectivity index is 1.59. The van der Waals surface area contributed by atoms with Gasteiger partial charge in [-0.25, -0.2) is 0 Å². The molecule has 3 rings (SSSR count). The van der Waals surface area contributed by atoms with E-state index in [1.54, 1.807) is 12.4 Å². The van der Waals surface area contributed by atoms with Gasteiger partial charge in [-0.3, -0.25) is 9.78 Å². The molecule has 0 unspecified atom stereocenters. The maximum Gasteiger partial charge on any atom is 0.253 e.